The number of carbonyl (C=O) groups excluding carboxylic acids is 1. The molecule has 118 valence electrons. The Hall–Kier alpha value is -1.62. The number of fused-ring (bicyclic) bond motifs is 1. The van der Waals surface area contributed by atoms with E-state index < -0.39 is 0 Å². The number of aromatic nitrogens is 2. The Morgan fingerprint density at radius 3 is 3.00 bits per heavy atom. The van der Waals surface area contributed by atoms with E-state index in [-0.39, 0.29) is 5.91 Å². The number of nitrogens with zero attached hydrogens (tertiary/aromatic N) is 3. The third kappa shape index (κ3) is 3.24. The molecule has 22 heavy (non-hydrogen) atoms. The van der Waals surface area contributed by atoms with Gasteiger partial charge in [-0.2, -0.15) is 5.10 Å². The standard InChI is InChI=1S/C17H23N3OS/c1-19(9-5-6-13-10-18-20(2)11-13)17(21)16-15-8-4-3-7-14(15)12-22-16/h10-12H,3-9H2,1-2H3. The highest BCUT2D eigenvalue weighted by Gasteiger charge is 2.22. The lowest BCUT2D eigenvalue weighted by molar-refractivity contribution is 0.0797. The van der Waals surface area contributed by atoms with E-state index in [0.717, 1.165) is 37.1 Å². The summed E-state index contributed by atoms with van der Waals surface area (Å²) in [5.74, 6) is 0.194. The van der Waals surface area contributed by atoms with Crippen LogP contribution < -0.4 is 0 Å². The maximum Gasteiger partial charge on any atom is 0.263 e. The normalized spacial score (nSPS) is 13.9. The molecule has 0 saturated carbocycles. The van der Waals surface area contributed by atoms with Gasteiger partial charge in [0.25, 0.3) is 5.91 Å². The van der Waals surface area contributed by atoms with Crippen LogP contribution in [0.5, 0.6) is 0 Å². The summed E-state index contributed by atoms with van der Waals surface area (Å²) in [5.41, 5.74) is 3.96. The van der Waals surface area contributed by atoms with Crippen molar-refractivity contribution in [2.45, 2.75) is 38.5 Å². The average Bonchev–Trinajstić information content (AvgIpc) is 3.12. The molecule has 0 atom stereocenters. The van der Waals surface area contributed by atoms with Crippen LogP contribution in [0.4, 0.5) is 0 Å². The van der Waals surface area contributed by atoms with Crippen LogP contribution in [0.2, 0.25) is 0 Å². The smallest absolute Gasteiger partial charge is 0.263 e. The fourth-order valence-electron chi connectivity index (χ4n) is 3.09. The minimum Gasteiger partial charge on any atom is -0.341 e. The van der Waals surface area contributed by atoms with E-state index in [2.05, 4.69) is 10.5 Å². The van der Waals surface area contributed by atoms with Crippen LogP contribution in [-0.4, -0.2) is 34.2 Å². The van der Waals surface area contributed by atoms with Crippen molar-refractivity contribution < 1.29 is 4.79 Å². The molecule has 0 spiro atoms. The number of aryl methyl sites for hydroxylation is 3. The molecule has 1 amide bonds. The van der Waals surface area contributed by atoms with Crippen molar-refractivity contribution in [2.75, 3.05) is 13.6 Å². The molecule has 0 aliphatic heterocycles. The first-order valence-corrected chi connectivity index (χ1v) is 8.85. The molecule has 4 nitrogen and oxygen atoms in total. The molecule has 0 saturated heterocycles. The van der Waals surface area contributed by atoms with E-state index in [4.69, 9.17) is 0 Å². The molecule has 0 radical (unpaired) electrons. The van der Waals surface area contributed by atoms with Crippen molar-refractivity contribution in [1.82, 2.24) is 14.7 Å². The van der Waals surface area contributed by atoms with Crippen LogP contribution in [0, 0.1) is 0 Å². The molecule has 0 fully saturated rings. The Labute approximate surface area is 135 Å². The van der Waals surface area contributed by atoms with E-state index in [1.54, 1.807) is 11.3 Å². The molecule has 1 aliphatic rings. The van der Waals surface area contributed by atoms with Gasteiger partial charge < -0.3 is 4.90 Å². The summed E-state index contributed by atoms with van der Waals surface area (Å²) in [6, 6.07) is 0. The quantitative estimate of drug-likeness (QED) is 0.850. The highest BCUT2D eigenvalue weighted by Crippen LogP contribution is 2.30. The van der Waals surface area contributed by atoms with Gasteiger partial charge in [-0.25, -0.2) is 0 Å². The van der Waals surface area contributed by atoms with Crippen LogP contribution in [0.25, 0.3) is 0 Å². The van der Waals surface area contributed by atoms with Crippen LogP contribution in [-0.2, 0) is 26.3 Å². The first kappa shape index (κ1) is 15.3. The summed E-state index contributed by atoms with van der Waals surface area (Å²) in [4.78, 5) is 15.5. The molecule has 2 aromatic heterocycles. The monoisotopic (exact) mass is 317 g/mol. The molecule has 1 aliphatic carbocycles. The second-order valence-corrected chi connectivity index (χ2v) is 7.01. The van der Waals surface area contributed by atoms with Crippen LogP contribution in [0.3, 0.4) is 0 Å². The predicted molar refractivity (Wildman–Crippen MR) is 89.5 cm³/mol. The van der Waals surface area contributed by atoms with Crippen molar-refractivity contribution in [3.05, 3.63) is 39.3 Å². The molecular weight excluding hydrogens is 294 g/mol. The van der Waals surface area contributed by atoms with Crippen LogP contribution in [0.15, 0.2) is 17.8 Å². The molecule has 0 bridgehead atoms. The number of hydrogen-bond acceptors (Lipinski definition) is 3. The second kappa shape index (κ2) is 6.65. The Kier molecular flexibility index (Phi) is 4.62. The van der Waals surface area contributed by atoms with Gasteiger partial charge in [0.05, 0.1) is 11.1 Å². The highest BCUT2D eigenvalue weighted by atomic mass is 32.1. The van der Waals surface area contributed by atoms with Crippen LogP contribution in [0.1, 0.15) is 45.6 Å². The van der Waals surface area contributed by atoms with Crippen molar-refractivity contribution in [3.63, 3.8) is 0 Å². The highest BCUT2D eigenvalue weighted by molar-refractivity contribution is 7.12. The van der Waals surface area contributed by atoms with Gasteiger partial charge in [0, 0.05) is 26.8 Å². The molecule has 0 aromatic carbocycles. The number of thiophene rings is 1. The number of rotatable bonds is 5. The van der Waals surface area contributed by atoms with Gasteiger partial charge in [-0.1, -0.05) is 0 Å². The third-order valence-electron chi connectivity index (χ3n) is 4.36. The lowest BCUT2D eigenvalue weighted by Gasteiger charge is -2.18. The molecule has 5 heteroatoms. The molecule has 0 unspecified atom stereocenters. The molecular formula is C17H23N3OS. The summed E-state index contributed by atoms with van der Waals surface area (Å²) < 4.78 is 1.82. The van der Waals surface area contributed by atoms with E-state index >= 15 is 0 Å². The maximum atomic E-state index is 12.6. The van der Waals surface area contributed by atoms with Gasteiger partial charge in [0.2, 0.25) is 0 Å². The minimum atomic E-state index is 0.194. The van der Waals surface area contributed by atoms with Gasteiger partial charge in [0.15, 0.2) is 0 Å². The Morgan fingerprint density at radius 1 is 1.41 bits per heavy atom. The summed E-state index contributed by atoms with van der Waals surface area (Å²) in [6.45, 7) is 0.792. The van der Waals surface area contributed by atoms with E-state index in [0.29, 0.717) is 0 Å². The van der Waals surface area contributed by atoms with Crippen molar-refractivity contribution >= 4 is 17.2 Å². The minimum absolute atomic E-state index is 0.194. The first-order valence-electron chi connectivity index (χ1n) is 7.97. The average molecular weight is 317 g/mol. The van der Waals surface area contributed by atoms with Gasteiger partial charge in [-0.3, -0.25) is 9.48 Å². The summed E-state index contributed by atoms with van der Waals surface area (Å²) >= 11 is 1.63. The summed E-state index contributed by atoms with van der Waals surface area (Å²) in [5, 5.41) is 6.36. The number of amides is 1. The Morgan fingerprint density at radius 2 is 2.23 bits per heavy atom. The fraction of sp³-hybridized carbons (Fsp3) is 0.529. The van der Waals surface area contributed by atoms with E-state index in [1.807, 2.05) is 36.1 Å². The zero-order valence-electron chi connectivity index (χ0n) is 13.3. The van der Waals surface area contributed by atoms with Crippen molar-refractivity contribution in [2.24, 2.45) is 7.05 Å². The molecule has 3 rings (SSSR count). The largest absolute Gasteiger partial charge is 0.341 e. The lowest BCUT2D eigenvalue weighted by Crippen LogP contribution is -2.28. The summed E-state index contributed by atoms with van der Waals surface area (Å²) in [7, 11) is 3.85. The zero-order chi connectivity index (χ0) is 15.5. The van der Waals surface area contributed by atoms with Crippen molar-refractivity contribution in [3.8, 4) is 0 Å². The zero-order valence-corrected chi connectivity index (χ0v) is 14.2. The van der Waals surface area contributed by atoms with Gasteiger partial charge in [0.1, 0.15) is 0 Å². The van der Waals surface area contributed by atoms with Crippen LogP contribution >= 0.6 is 11.3 Å². The SMILES string of the molecule is CN(CCCc1cnn(C)c1)C(=O)c1scc2c1CCCC2. The Bertz CT molecular complexity index is 659. The first-order chi connectivity index (χ1) is 10.6. The third-order valence-corrected chi connectivity index (χ3v) is 5.42. The topological polar surface area (TPSA) is 38.1 Å². The second-order valence-electron chi connectivity index (χ2n) is 6.13. The molecule has 0 N–H and O–H groups in total. The van der Waals surface area contributed by atoms with E-state index in [9.17, 15) is 4.79 Å². The number of hydrogen-bond donors (Lipinski definition) is 0. The van der Waals surface area contributed by atoms with Gasteiger partial charge >= 0.3 is 0 Å². The summed E-state index contributed by atoms with van der Waals surface area (Å²) in [6.07, 6.45) is 10.6. The lowest BCUT2D eigenvalue weighted by atomic mass is 9.93. The Balaban J connectivity index is 1.56. The van der Waals surface area contributed by atoms with Gasteiger partial charge in [-0.15, -0.1) is 11.3 Å². The number of carbonyl (C=O) groups is 1. The van der Waals surface area contributed by atoms with Crippen molar-refractivity contribution in [1.29, 1.82) is 0 Å². The maximum absolute atomic E-state index is 12.6. The fourth-order valence-corrected chi connectivity index (χ4v) is 4.25. The van der Waals surface area contributed by atoms with E-state index in [1.165, 1.54) is 29.5 Å². The van der Waals surface area contributed by atoms with Gasteiger partial charge in [-0.05, 0) is 60.6 Å². The molecule has 2 heterocycles. The predicted octanol–water partition coefficient (Wildman–Crippen LogP) is 3.07. The molecule has 2 aromatic rings.